The first-order valence-electron chi connectivity index (χ1n) is 12.4. The monoisotopic (exact) mass is 450 g/mol. The molecule has 32 heavy (non-hydrogen) atoms. The summed E-state index contributed by atoms with van der Waals surface area (Å²) in [6, 6.07) is 11.4. The quantitative estimate of drug-likeness (QED) is 0.602. The second kappa shape index (κ2) is 14.3. The minimum Gasteiger partial charge on any atom is -0.388 e. The predicted octanol–water partition coefficient (Wildman–Crippen LogP) is 4.85. The largest absolute Gasteiger partial charge is 0.388 e. The van der Waals surface area contributed by atoms with Gasteiger partial charge in [0.2, 0.25) is 0 Å². The number of benzene rings is 1. The fourth-order valence-electron chi connectivity index (χ4n) is 6.04. The van der Waals surface area contributed by atoms with Crippen LogP contribution in [0.4, 0.5) is 0 Å². The molecule has 1 heterocycles. The molecule has 5 nitrogen and oxygen atoms in total. The smallest absolute Gasteiger partial charge is 0.104 e. The number of hydrogen-bond donors (Lipinski definition) is 1. The Morgan fingerprint density at radius 1 is 0.875 bits per heavy atom. The normalized spacial score (nSPS) is 31.0. The van der Waals surface area contributed by atoms with Gasteiger partial charge in [-0.05, 0) is 67.3 Å². The molecule has 0 aromatic heterocycles. The fourth-order valence-corrected chi connectivity index (χ4v) is 6.04. The summed E-state index contributed by atoms with van der Waals surface area (Å²) in [6.45, 7) is 6.34. The lowest BCUT2D eigenvalue weighted by Crippen LogP contribution is -2.48. The first kappa shape index (κ1) is 27.3. The summed E-state index contributed by atoms with van der Waals surface area (Å²) in [6.07, 6.45) is 9.05. The van der Waals surface area contributed by atoms with Gasteiger partial charge in [-0.2, -0.15) is 0 Å². The van der Waals surface area contributed by atoms with Gasteiger partial charge in [0.25, 0.3) is 0 Å². The first-order chi connectivity index (χ1) is 15.6. The highest BCUT2D eigenvalue weighted by Crippen LogP contribution is 2.60. The van der Waals surface area contributed by atoms with Crippen molar-refractivity contribution in [3.05, 3.63) is 35.9 Å². The van der Waals surface area contributed by atoms with E-state index in [0.717, 1.165) is 31.0 Å². The highest BCUT2D eigenvalue weighted by Gasteiger charge is 2.51. The van der Waals surface area contributed by atoms with E-state index in [1.165, 1.54) is 19.3 Å². The van der Waals surface area contributed by atoms with Crippen molar-refractivity contribution in [2.24, 2.45) is 17.8 Å². The van der Waals surface area contributed by atoms with Gasteiger partial charge in [-0.3, -0.25) is 0 Å². The van der Waals surface area contributed by atoms with Crippen molar-refractivity contribution in [2.75, 3.05) is 47.8 Å². The fraction of sp³-hybridized carbons (Fsp3) is 0.778. The van der Waals surface area contributed by atoms with Crippen LogP contribution >= 0.6 is 0 Å². The Morgan fingerprint density at radius 2 is 1.34 bits per heavy atom. The molecular weight excluding hydrogens is 404 g/mol. The zero-order valence-corrected chi connectivity index (χ0v) is 20.9. The topological polar surface area (TPSA) is 60.5 Å². The van der Waals surface area contributed by atoms with E-state index < -0.39 is 6.10 Å². The molecule has 4 bridgehead atoms. The maximum Gasteiger partial charge on any atom is 0.104 e. The maximum atomic E-state index is 8.80. The summed E-state index contributed by atoms with van der Waals surface area (Å²) in [5, 5.41) is 8.80. The first-order valence-corrected chi connectivity index (χ1v) is 12.4. The van der Waals surface area contributed by atoms with Crippen LogP contribution in [-0.4, -0.2) is 65.1 Å². The predicted molar refractivity (Wildman–Crippen MR) is 129 cm³/mol. The third-order valence-corrected chi connectivity index (χ3v) is 6.90. The Kier molecular flexibility index (Phi) is 12.2. The van der Waals surface area contributed by atoms with Gasteiger partial charge in [-0.15, -0.1) is 0 Å². The van der Waals surface area contributed by atoms with Crippen molar-refractivity contribution >= 4 is 0 Å². The van der Waals surface area contributed by atoms with Gasteiger partial charge in [-0.1, -0.05) is 44.2 Å². The van der Waals surface area contributed by atoms with Crippen molar-refractivity contribution in [3.63, 3.8) is 0 Å². The van der Waals surface area contributed by atoms with E-state index in [0.29, 0.717) is 24.7 Å². The molecule has 1 N–H and O–H groups in total. The zero-order valence-electron chi connectivity index (χ0n) is 20.9. The molecule has 1 aromatic rings. The van der Waals surface area contributed by atoms with Gasteiger partial charge in [0.15, 0.2) is 0 Å². The Bertz CT molecular complexity index is 560. The Hall–Kier alpha value is -0.980. The molecule has 4 aliphatic carbocycles. The second-order valence-corrected chi connectivity index (χ2v) is 9.54. The number of epoxide rings is 1. The minimum absolute atomic E-state index is 0.341. The van der Waals surface area contributed by atoms with Gasteiger partial charge in [0.1, 0.15) is 12.2 Å². The summed E-state index contributed by atoms with van der Waals surface area (Å²) < 4.78 is 18.8. The van der Waals surface area contributed by atoms with Crippen molar-refractivity contribution in [1.29, 1.82) is 0 Å². The molecule has 5 heteroatoms. The number of aliphatic hydroxyl groups is 1. The maximum absolute atomic E-state index is 8.80. The summed E-state index contributed by atoms with van der Waals surface area (Å²) >= 11 is 0. The molecular formula is C27H46O5. The molecule has 5 aliphatic rings. The van der Waals surface area contributed by atoms with Gasteiger partial charge in [0, 0.05) is 21.3 Å². The third kappa shape index (κ3) is 8.42. The molecule has 1 unspecified atom stereocenters. The molecule has 1 aliphatic heterocycles. The van der Waals surface area contributed by atoms with Crippen LogP contribution in [0, 0.1) is 17.8 Å². The Balaban J connectivity index is 0.000000192. The van der Waals surface area contributed by atoms with Gasteiger partial charge >= 0.3 is 0 Å². The molecule has 1 saturated heterocycles. The molecule has 0 amide bonds. The van der Waals surface area contributed by atoms with Crippen LogP contribution in [0.25, 0.3) is 0 Å². The lowest BCUT2D eigenvalue weighted by Gasteiger charge is -2.57. The van der Waals surface area contributed by atoms with E-state index >= 15 is 0 Å². The number of methoxy groups -OCH3 is 3. The highest BCUT2D eigenvalue weighted by atomic mass is 16.6. The second-order valence-electron chi connectivity index (χ2n) is 9.54. The van der Waals surface area contributed by atoms with Crippen LogP contribution in [0.1, 0.15) is 57.9 Å². The van der Waals surface area contributed by atoms with Crippen molar-refractivity contribution in [3.8, 4) is 0 Å². The zero-order chi connectivity index (χ0) is 23.4. The van der Waals surface area contributed by atoms with E-state index in [4.69, 9.17) is 14.6 Å². The van der Waals surface area contributed by atoms with Crippen LogP contribution in [0.3, 0.4) is 0 Å². The van der Waals surface area contributed by atoms with E-state index in [2.05, 4.69) is 39.8 Å². The van der Waals surface area contributed by atoms with E-state index in [-0.39, 0.29) is 0 Å². The Morgan fingerprint density at radius 3 is 1.69 bits per heavy atom. The van der Waals surface area contributed by atoms with Crippen molar-refractivity contribution in [1.82, 2.24) is 0 Å². The van der Waals surface area contributed by atoms with Crippen molar-refractivity contribution < 1.29 is 24.1 Å². The van der Waals surface area contributed by atoms with E-state index in [1.54, 1.807) is 46.2 Å². The summed E-state index contributed by atoms with van der Waals surface area (Å²) in [5.41, 5.74) is 2.24. The summed E-state index contributed by atoms with van der Waals surface area (Å²) in [5.74, 6) is 3.18. The lowest BCUT2D eigenvalue weighted by atomic mass is 9.48. The van der Waals surface area contributed by atoms with Gasteiger partial charge < -0.3 is 24.1 Å². The number of aliphatic hydroxyl groups excluding tert-OH is 1. The molecule has 6 rings (SSSR count). The number of rotatable bonds is 7. The number of hydrogen-bond acceptors (Lipinski definition) is 5. The van der Waals surface area contributed by atoms with Crippen LogP contribution in [-0.2, 0) is 24.4 Å². The van der Waals surface area contributed by atoms with E-state index in [9.17, 15) is 0 Å². The molecule has 1 aromatic carbocycles. The average molecular weight is 451 g/mol. The highest BCUT2D eigenvalue weighted by molar-refractivity contribution is 5.29. The Labute approximate surface area is 195 Å². The minimum atomic E-state index is -0.481. The summed E-state index contributed by atoms with van der Waals surface area (Å²) in [4.78, 5) is 0. The SMILES string of the molecule is CC.COCC(O)COC.COCC1CO1.c1ccc(C23CC4CC(CC(C4)C2)C3)cc1. The average Bonchev–Trinajstić information content (AvgIpc) is 3.61. The third-order valence-electron chi connectivity index (χ3n) is 6.90. The van der Waals surface area contributed by atoms with Crippen molar-refractivity contribution in [2.45, 2.75) is 70.0 Å². The van der Waals surface area contributed by atoms with Crippen LogP contribution in [0.15, 0.2) is 30.3 Å². The van der Waals surface area contributed by atoms with Crippen LogP contribution in [0.2, 0.25) is 0 Å². The molecule has 0 radical (unpaired) electrons. The van der Waals surface area contributed by atoms with Crippen LogP contribution in [0.5, 0.6) is 0 Å². The lowest BCUT2D eigenvalue weighted by molar-refractivity contribution is -0.00518. The molecule has 4 saturated carbocycles. The molecule has 0 spiro atoms. The number of ether oxygens (including phenoxy) is 4. The van der Waals surface area contributed by atoms with Gasteiger partial charge in [0.05, 0.1) is 26.4 Å². The molecule has 5 fully saturated rings. The molecule has 1 atom stereocenters. The molecule has 184 valence electrons. The standard InChI is InChI=1S/C16H20.C5H12O3.C4H8O2.C2H6/c1-2-4-15(5-3-1)16-9-12-6-13(10-16)8-14(7-12)11-16;1-7-3-5(6)4-8-2;1-5-2-4-3-6-4;1-2/h1-5,12-14H,6-11H2;5-6H,3-4H2,1-2H3;4H,2-3H2,1H3;1-2H3. The van der Waals surface area contributed by atoms with Gasteiger partial charge in [-0.25, -0.2) is 0 Å². The summed E-state index contributed by atoms with van der Waals surface area (Å²) in [7, 11) is 4.76. The van der Waals surface area contributed by atoms with E-state index in [1.807, 2.05) is 13.8 Å². The van der Waals surface area contributed by atoms with Crippen LogP contribution < -0.4 is 0 Å².